The number of benzene rings is 2. The molecule has 2 aromatic carbocycles. The van der Waals surface area contributed by atoms with Crippen LogP contribution in [0.3, 0.4) is 0 Å². The van der Waals surface area contributed by atoms with Crippen LogP contribution >= 0.6 is 0 Å². The van der Waals surface area contributed by atoms with E-state index in [0.717, 1.165) is 7.25 Å². The summed E-state index contributed by atoms with van der Waals surface area (Å²) in [5.41, 5.74) is 15.4. The fourth-order valence-corrected chi connectivity index (χ4v) is 9.76. The molecule has 0 heterocycles. The average molecular weight is 406 g/mol. The minimum atomic E-state index is -0.707. The van der Waals surface area contributed by atoms with E-state index in [0.29, 0.717) is 0 Å². The number of hydrogen-bond donors (Lipinski definition) is 0. The monoisotopic (exact) mass is 404 g/mol. The van der Waals surface area contributed by atoms with Crippen molar-refractivity contribution in [3.8, 4) is 0 Å². The molecular weight excluding hydrogens is 379 g/mol. The van der Waals surface area contributed by atoms with Crippen LogP contribution in [0, 0.1) is 27.7 Å². The molecule has 0 nitrogen and oxygen atoms in total. The van der Waals surface area contributed by atoms with Crippen LogP contribution < -0.4 is 0 Å². The van der Waals surface area contributed by atoms with Gasteiger partial charge in [-0.2, -0.15) is 0 Å². The Kier molecular flexibility index (Phi) is 4.27. The summed E-state index contributed by atoms with van der Waals surface area (Å²) in [5.74, 6) is 0. The van der Waals surface area contributed by atoms with Gasteiger partial charge in [0.05, 0.1) is 0 Å². The molecule has 0 aromatic heterocycles. The molecule has 2 unspecified atom stereocenters. The fourth-order valence-electron chi connectivity index (χ4n) is 4.53. The summed E-state index contributed by atoms with van der Waals surface area (Å²) in [5, 5.41) is 0. The molecule has 2 aliphatic rings. The predicted molar refractivity (Wildman–Crippen MR) is 105 cm³/mol. The van der Waals surface area contributed by atoms with Gasteiger partial charge >= 0.3 is 164 Å². The number of hydrogen-bond acceptors (Lipinski definition) is 0. The van der Waals surface area contributed by atoms with Crippen LogP contribution in [0.25, 0.3) is 12.2 Å². The van der Waals surface area contributed by atoms with E-state index in [1.807, 2.05) is 0 Å². The molecule has 0 N–H and O–H groups in total. The van der Waals surface area contributed by atoms with Gasteiger partial charge in [-0.05, 0) is 0 Å². The Morgan fingerprint density at radius 1 is 0.560 bits per heavy atom. The quantitative estimate of drug-likeness (QED) is 0.527. The van der Waals surface area contributed by atoms with Gasteiger partial charge in [0.2, 0.25) is 0 Å². The third kappa shape index (κ3) is 2.67. The topological polar surface area (TPSA) is 0 Å². The Balaban J connectivity index is 1.78. The van der Waals surface area contributed by atoms with Gasteiger partial charge in [0, 0.05) is 0 Å². The Bertz CT molecular complexity index is 866. The van der Waals surface area contributed by atoms with Crippen LogP contribution in [0.4, 0.5) is 0 Å². The second-order valence-corrected chi connectivity index (χ2v) is 11.5. The van der Waals surface area contributed by atoms with E-state index in [1.54, 1.807) is 22.3 Å². The molecule has 2 aliphatic carbocycles. The third-order valence-electron chi connectivity index (χ3n) is 6.01. The molecule has 0 fully saturated rings. The molecule has 1 heteroatoms. The Labute approximate surface area is 163 Å². The van der Waals surface area contributed by atoms with Gasteiger partial charge in [0.25, 0.3) is 0 Å². The van der Waals surface area contributed by atoms with Gasteiger partial charge < -0.3 is 0 Å². The number of aryl methyl sites for hydroxylation is 4. The Morgan fingerprint density at radius 2 is 0.920 bits per heavy atom. The van der Waals surface area contributed by atoms with E-state index >= 15 is 0 Å². The van der Waals surface area contributed by atoms with Crippen molar-refractivity contribution in [1.29, 1.82) is 0 Å². The zero-order valence-corrected chi connectivity index (χ0v) is 18.6. The normalized spacial score (nSPS) is 20.9. The molecule has 126 valence electrons. The van der Waals surface area contributed by atoms with E-state index in [2.05, 4.69) is 78.0 Å². The molecule has 0 spiro atoms. The van der Waals surface area contributed by atoms with Crippen LogP contribution in [-0.4, -0.2) is 0 Å². The van der Waals surface area contributed by atoms with Crippen molar-refractivity contribution >= 4 is 12.2 Å². The molecule has 2 aromatic rings. The summed E-state index contributed by atoms with van der Waals surface area (Å²) in [6.45, 7) is 13.9. The summed E-state index contributed by atoms with van der Waals surface area (Å²) in [6.07, 6.45) is 4.95. The van der Waals surface area contributed by atoms with E-state index in [4.69, 9.17) is 0 Å². The van der Waals surface area contributed by atoms with Gasteiger partial charge in [-0.3, -0.25) is 0 Å². The predicted octanol–water partition coefficient (Wildman–Crippen LogP) is 6.62. The fraction of sp³-hybridized carbons (Fsp3) is 0.333. The molecule has 2 atom stereocenters. The van der Waals surface area contributed by atoms with E-state index in [-0.39, 0.29) is 0 Å². The molecule has 0 saturated heterocycles. The maximum atomic E-state index is 2.47. The first-order valence-corrected chi connectivity index (χ1v) is 12.0. The first-order chi connectivity index (χ1) is 11.9. The van der Waals surface area contributed by atoms with Gasteiger partial charge in [-0.15, -0.1) is 0 Å². The summed E-state index contributed by atoms with van der Waals surface area (Å²) in [7, 11) is 0. The maximum absolute atomic E-state index is 2.47. The van der Waals surface area contributed by atoms with Crippen molar-refractivity contribution < 1.29 is 23.2 Å². The van der Waals surface area contributed by atoms with Crippen molar-refractivity contribution in [3.63, 3.8) is 0 Å². The Morgan fingerprint density at radius 3 is 1.32 bits per heavy atom. The molecule has 0 bridgehead atoms. The third-order valence-corrected chi connectivity index (χ3v) is 11.3. The minimum absolute atomic E-state index is 0.707. The number of fused-ring (bicyclic) bond motifs is 2. The second kappa shape index (κ2) is 6.20. The SMILES string of the molecule is CC1=Cc2c(C)ccc(C)c2[CH]1[Zr][CH]1C(C)=Cc2c(C)ccc(C)c21. The van der Waals surface area contributed by atoms with Gasteiger partial charge in [0.15, 0.2) is 0 Å². The van der Waals surface area contributed by atoms with Crippen LogP contribution in [0.5, 0.6) is 0 Å². The number of rotatable bonds is 2. The van der Waals surface area contributed by atoms with Crippen molar-refractivity contribution in [2.24, 2.45) is 0 Å². The molecular formula is C24H26Zr. The van der Waals surface area contributed by atoms with E-state index in [9.17, 15) is 0 Å². The molecule has 0 aliphatic heterocycles. The zero-order valence-electron chi connectivity index (χ0n) is 16.1. The van der Waals surface area contributed by atoms with Crippen molar-refractivity contribution in [2.45, 2.75) is 48.8 Å². The van der Waals surface area contributed by atoms with Gasteiger partial charge in [0.1, 0.15) is 0 Å². The van der Waals surface area contributed by atoms with Crippen molar-refractivity contribution in [2.75, 3.05) is 0 Å². The summed E-state index contributed by atoms with van der Waals surface area (Å²) in [6, 6.07) is 9.23. The zero-order chi connectivity index (χ0) is 17.9. The van der Waals surface area contributed by atoms with Gasteiger partial charge in [-0.25, -0.2) is 0 Å². The van der Waals surface area contributed by atoms with Crippen LogP contribution in [0.1, 0.15) is 65.6 Å². The molecule has 0 amide bonds. The first-order valence-electron chi connectivity index (χ1n) is 9.21. The summed E-state index contributed by atoms with van der Waals surface area (Å²) < 4.78 is 1.44. The second-order valence-electron chi connectivity index (χ2n) is 7.86. The van der Waals surface area contributed by atoms with Crippen molar-refractivity contribution in [1.82, 2.24) is 0 Å². The van der Waals surface area contributed by atoms with E-state index in [1.165, 1.54) is 33.4 Å². The molecule has 0 saturated carbocycles. The standard InChI is InChI=1S/2C12H13.Zr/c2*1-8-6-11-9(2)4-5-10(3)12(11)7-8;/h2*4-7H,1-3H3;. The summed E-state index contributed by atoms with van der Waals surface area (Å²) in [4.78, 5) is 0. The molecule has 25 heavy (non-hydrogen) atoms. The van der Waals surface area contributed by atoms with Crippen LogP contribution in [0.15, 0.2) is 35.4 Å². The molecule has 0 radical (unpaired) electrons. The number of allylic oxidation sites excluding steroid dienone is 2. The molecule has 4 rings (SSSR count). The Hall–Kier alpha value is -1.20. The van der Waals surface area contributed by atoms with Gasteiger partial charge in [-0.1, -0.05) is 0 Å². The van der Waals surface area contributed by atoms with Crippen LogP contribution in [-0.2, 0) is 23.2 Å². The van der Waals surface area contributed by atoms with E-state index < -0.39 is 23.2 Å². The average Bonchev–Trinajstić information content (AvgIpc) is 3.08. The first kappa shape index (κ1) is 17.2. The summed E-state index contributed by atoms with van der Waals surface area (Å²) >= 11 is -0.707. The van der Waals surface area contributed by atoms with Crippen molar-refractivity contribution in [3.05, 3.63) is 79.9 Å². The van der Waals surface area contributed by atoms with Crippen LogP contribution in [0.2, 0.25) is 0 Å².